The third-order valence-electron chi connectivity index (χ3n) is 2.46. The Morgan fingerprint density at radius 2 is 2.12 bits per heavy atom. The fourth-order valence-electron chi connectivity index (χ4n) is 1.68. The molecule has 0 spiro atoms. The van der Waals surface area contributed by atoms with E-state index in [1.54, 1.807) is 6.07 Å². The molecule has 0 aliphatic heterocycles. The monoisotopic (exact) mass is 257 g/mol. The zero-order valence-corrected chi connectivity index (χ0v) is 11.4. The normalized spacial score (nSPS) is 10.9. The molecule has 0 radical (unpaired) electrons. The van der Waals surface area contributed by atoms with Gasteiger partial charge < -0.3 is 10.0 Å². The van der Waals surface area contributed by atoms with Crippen molar-refractivity contribution in [3.05, 3.63) is 17.0 Å². The third-order valence-corrected chi connectivity index (χ3v) is 2.65. The van der Waals surface area contributed by atoms with E-state index in [0.717, 1.165) is 24.5 Å². The Morgan fingerprint density at radius 3 is 2.65 bits per heavy atom. The fraction of sp³-hybridized carbons (Fsp3) is 0.667. The van der Waals surface area contributed by atoms with Crippen LogP contribution in [0, 0.1) is 0 Å². The number of halogens is 1. The van der Waals surface area contributed by atoms with Gasteiger partial charge in [-0.25, -0.2) is 9.97 Å². The maximum absolute atomic E-state index is 9.07. The molecule has 0 unspecified atom stereocenters. The second-order valence-electron chi connectivity index (χ2n) is 4.23. The van der Waals surface area contributed by atoms with Crippen LogP contribution in [0.3, 0.4) is 0 Å². The first-order valence-electron chi connectivity index (χ1n) is 5.99. The minimum Gasteiger partial charge on any atom is -0.395 e. The highest BCUT2D eigenvalue weighted by Gasteiger charge is 2.13. The molecule has 0 aliphatic carbocycles. The van der Waals surface area contributed by atoms with Crippen LogP contribution < -0.4 is 4.90 Å². The molecule has 1 rings (SSSR count). The first-order valence-corrected chi connectivity index (χ1v) is 6.37. The maximum atomic E-state index is 9.07. The molecule has 1 aromatic rings. The summed E-state index contributed by atoms with van der Waals surface area (Å²) in [6.45, 7) is 6.85. The van der Waals surface area contributed by atoms with E-state index in [0.29, 0.717) is 11.7 Å². The number of nitrogens with zero attached hydrogens (tertiary/aromatic N) is 3. The summed E-state index contributed by atoms with van der Waals surface area (Å²) >= 11 is 5.99. The standard InChI is InChI=1S/C12H20ClN3O/c1-4-5-11-14-10(13)8-12(15-11)16(6-7-17)9(2)3/h8-9,17H,4-7H2,1-3H3. The van der Waals surface area contributed by atoms with Gasteiger partial charge in [-0.1, -0.05) is 18.5 Å². The number of aromatic nitrogens is 2. The Kier molecular flexibility index (Phi) is 5.65. The highest BCUT2D eigenvalue weighted by Crippen LogP contribution is 2.18. The fourth-order valence-corrected chi connectivity index (χ4v) is 1.87. The van der Waals surface area contributed by atoms with Crippen molar-refractivity contribution in [3.63, 3.8) is 0 Å². The number of aryl methyl sites for hydroxylation is 1. The van der Waals surface area contributed by atoms with Crippen molar-refractivity contribution in [2.45, 2.75) is 39.7 Å². The van der Waals surface area contributed by atoms with E-state index in [1.165, 1.54) is 0 Å². The van der Waals surface area contributed by atoms with E-state index in [2.05, 4.69) is 30.7 Å². The summed E-state index contributed by atoms with van der Waals surface area (Å²) in [4.78, 5) is 10.7. The van der Waals surface area contributed by atoms with Gasteiger partial charge in [-0.05, 0) is 20.3 Å². The molecule has 5 heteroatoms. The average Bonchev–Trinajstić information content (AvgIpc) is 2.25. The van der Waals surface area contributed by atoms with Crippen LogP contribution in [0.15, 0.2) is 6.07 Å². The number of hydrogen-bond acceptors (Lipinski definition) is 4. The van der Waals surface area contributed by atoms with Crippen LogP contribution in [0.2, 0.25) is 5.15 Å². The van der Waals surface area contributed by atoms with Crippen LogP contribution in [0.1, 0.15) is 33.0 Å². The summed E-state index contributed by atoms with van der Waals surface area (Å²) < 4.78 is 0. The highest BCUT2D eigenvalue weighted by atomic mass is 35.5. The Morgan fingerprint density at radius 1 is 1.41 bits per heavy atom. The molecule has 17 heavy (non-hydrogen) atoms. The van der Waals surface area contributed by atoms with Crippen LogP contribution in [0.4, 0.5) is 5.82 Å². The van der Waals surface area contributed by atoms with Gasteiger partial charge in [0, 0.05) is 25.1 Å². The summed E-state index contributed by atoms with van der Waals surface area (Å²) in [5.41, 5.74) is 0. The number of aliphatic hydroxyl groups is 1. The van der Waals surface area contributed by atoms with Crippen molar-refractivity contribution in [1.82, 2.24) is 9.97 Å². The molecule has 4 nitrogen and oxygen atoms in total. The predicted octanol–water partition coefficient (Wildman–Crippen LogP) is 2.29. The molecule has 0 fully saturated rings. The van der Waals surface area contributed by atoms with Crippen molar-refractivity contribution in [2.75, 3.05) is 18.1 Å². The zero-order valence-electron chi connectivity index (χ0n) is 10.6. The molecular formula is C12H20ClN3O. The molecule has 1 heterocycles. The van der Waals surface area contributed by atoms with Crippen LogP contribution >= 0.6 is 11.6 Å². The van der Waals surface area contributed by atoms with Gasteiger partial charge in [-0.2, -0.15) is 0 Å². The lowest BCUT2D eigenvalue weighted by molar-refractivity contribution is 0.298. The topological polar surface area (TPSA) is 49.2 Å². The van der Waals surface area contributed by atoms with Gasteiger partial charge in [0.15, 0.2) is 0 Å². The van der Waals surface area contributed by atoms with Gasteiger partial charge in [0.2, 0.25) is 0 Å². The maximum Gasteiger partial charge on any atom is 0.134 e. The largest absolute Gasteiger partial charge is 0.395 e. The summed E-state index contributed by atoms with van der Waals surface area (Å²) in [6, 6.07) is 2.01. The SMILES string of the molecule is CCCc1nc(Cl)cc(N(CCO)C(C)C)n1. The Bertz CT molecular complexity index is 358. The summed E-state index contributed by atoms with van der Waals surface area (Å²) in [6.07, 6.45) is 1.81. The van der Waals surface area contributed by atoms with Crippen molar-refractivity contribution < 1.29 is 5.11 Å². The summed E-state index contributed by atoms with van der Waals surface area (Å²) in [5, 5.41) is 9.53. The van der Waals surface area contributed by atoms with Crippen molar-refractivity contribution >= 4 is 17.4 Å². The van der Waals surface area contributed by atoms with Gasteiger partial charge in [-0.3, -0.25) is 0 Å². The van der Waals surface area contributed by atoms with E-state index in [9.17, 15) is 0 Å². The smallest absolute Gasteiger partial charge is 0.134 e. The van der Waals surface area contributed by atoms with Crippen molar-refractivity contribution in [3.8, 4) is 0 Å². The van der Waals surface area contributed by atoms with Gasteiger partial charge >= 0.3 is 0 Å². The number of rotatable bonds is 6. The first kappa shape index (κ1) is 14.2. The van der Waals surface area contributed by atoms with E-state index < -0.39 is 0 Å². The lowest BCUT2D eigenvalue weighted by Crippen LogP contribution is -2.34. The molecule has 0 saturated heterocycles. The van der Waals surface area contributed by atoms with E-state index in [4.69, 9.17) is 16.7 Å². The van der Waals surface area contributed by atoms with Gasteiger partial charge in [0.25, 0.3) is 0 Å². The second kappa shape index (κ2) is 6.77. The molecule has 0 bridgehead atoms. The Balaban J connectivity index is 3.00. The predicted molar refractivity (Wildman–Crippen MR) is 70.6 cm³/mol. The minimum absolute atomic E-state index is 0.100. The Hall–Kier alpha value is -0.870. The highest BCUT2D eigenvalue weighted by molar-refractivity contribution is 6.29. The van der Waals surface area contributed by atoms with Gasteiger partial charge in [0.05, 0.1) is 6.61 Å². The number of hydrogen-bond donors (Lipinski definition) is 1. The molecule has 0 atom stereocenters. The molecule has 1 aromatic heterocycles. The quantitative estimate of drug-likeness (QED) is 0.795. The van der Waals surface area contributed by atoms with E-state index >= 15 is 0 Å². The van der Waals surface area contributed by atoms with E-state index in [1.807, 2.05) is 4.90 Å². The third kappa shape index (κ3) is 4.13. The summed E-state index contributed by atoms with van der Waals surface area (Å²) in [5.74, 6) is 1.55. The molecule has 96 valence electrons. The molecule has 0 aliphatic rings. The second-order valence-corrected chi connectivity index (χ2v) is 4.61. The molecule has 1 N–H and O–H groups in total. The Labute approximate surface area is 108 Å². The number of anilines is 1. The molecule has 0 aromatic carbocycles. The van der Waals surface area contributed by atoms with Crippen LogP contribution in [0.5, 0.6) is 0 Å². The number of aliphatic hydroxyl groups excluding tert-OH is 1. The summed E-state index contributed by atoms with van der Waals surface area (Å²) in [7, 11) is 0. The first-order chi connectivity index (χ1) is 8.08. The van der Waals surface area contributed by atoms with Crippen molar-refractivity contribution in [2.24, 2.45) is 0 Å². The average molecular weight is 258 g/mol. The van der Waals surface area contributed by atoms with Crippen LogP contribution in [-0.4, -0.2) is 34.3 Å². The lowest BCUT2D eigenvalue weighted by atomic mass is 10.3. The lowest BCUT2D eigenvalue weighted by Gasteiger charge is -2.27. The van der Waals surface area contributed by atoms with Crippen molar-refractivity contribution in [1.29, 1.82) is 0 Å². The van der Waals surface area contributed by atoms with Crippen LogP contribution in [0.25, 0.3) is 0 Å². The van der Waals surface area contributed by atoms with E-state index in [-0.39, 0.29) is 12.6 Å². The zero-order chi connectivity index (χ0) is 12.8. The van der Waals surface area contributed by atoms with Crippen LogP contribution in [-0.2, 0) is 6.42 Å². The molecular weight excluding hydrogens is 238 g/mol. The molecule has 0 saturated carbocycles. The minimum atomic E-state index is 0.100. The van der Waals surface area contributed by atoms with Gasteiger partial charge in [0.1, 0.15) is 16.8 Å². The van der Waals surface area contributed by atoms with Gasteiger partial charge in [-0.15, -0.1) is 0 Å². The molecule has 0 amide bonds.